The Hall–Kier alpha value is -0.800. The Bertz CT molecular complexity index is 502. The van der Waals surface area contributed by atoms with Crippen molar-refractivity contribution in [1.29, 1.82) is 0 Å². The fourth-order valence-electron chi connectivity index (χ4n) is 1.69. The van der Waals surface area contributed by atoms with Crippen molar-refractivity contribution in [2.45, 2.75) is 4.90 Å². The Kier molecular flexibility index (Phi) is 5.06. The molecule has 0 spiro atoms. The van der Waals surface area contributed by atoms with Gasteiger partial charge >= 0.3 is 0 Å². The van der Waals surface area contributed by atoms with Gasteiger partial charge in [-0.15, -0.1) is 0 Å². The first kappa shape index (κ1) is 14.6. The van der Waals surface area contributed by atoms with Gasteiger partial charge in [0, 0.05) is 26.2 Å². The molecular weight excluding hydrogens is 292 g/mol. The van der Waals surface area contributed by atoms with E-state index in [4.69, 9.17) is 16.3 Å². The van der Waals surface area contributed by atoms with Crippen LogP contribution in [0.1, 0.15) is 0 Å². The number of sulfonamides is 1. The van der Waals surface area contributed by atoms with Gasteiger partial charge in [-0.1, -0.05) is 0 Å². The third-order valence-electron chi connectivity index (χ3n) is 2.73. The van der Waals surface area contributed by atoms with Gasteiger partial charge in [-0.3, -0.25) is 4.90 Å². The summed E-state index contributed by atoms with van der Waals surface area (Å²) in [6.45, 7) is 4.02. The Morgan fingerprint density at radius 1 is 1.32 bits per heavy atom. The van der Waals surface area contributed by atoms with E-state index in [1.54, 1.807) is 0 Å². The van der Waals surface area contributed by atoms with Crippen LogP contribution < -0.4 is 4.72 Å². The van der Waals surface area contributed by atoms with Crippen LogP contribution in [0.25, 0.3) is 0 Å². The van der Waals surface area contributed by atoms with Crippen LogP contribution in [-0.2, 0) is 14.8 Å². The van der Waals surface area contributed by atoms with Crippen LogP contribution in [0.4, 0.5) is 0 Å². The molecule has 0 aromatic carbocycles. The first-order chi connectivity index (χ1) is 9.08. The van der Waals surface area contributed by atoms with Gasteiger partial charge in [0.15, 0.2) is 0 Å². The molecule has 0 unspecified atom stereocenters. The molecule has 2 rings (SSSR count). The molecular formula is C10H15ClN4O3S. The summed E-state index contributed by atoms with van der Waals surface area (Å²) in [5.41, 5.74) is 0. The molecule has 0 amide bonds. The predicted octanol–water partition coefficient (Wildman–Crippen LogP) is -0.260. The molecule has 9 heteroatoms. The molecule has 19 heavy (non-hydrogen) atoms. The van der Waals surface area contributed by atoms with E-state index in [-0.39, 0.29) is 10.2 Å². The monoisotopic (exact) mass is 306 g/mol. The maximum atomic E-state index is 11.9. The molecule has 0 bridgehead atoms. The minimum Gasteiger partial charge on any atom is -0.379 e. The zero-order valence-electron chi connectivity index (χ0n) is 10.2. The number of hydrogen-bond acceptors (Lipinski definition) is 6. The lowest BCUT2D eigenvalue weighted by molar-refractivity contribution is 0.0390. The zero-order valence-corrected chi connectivity index (χ0v) is 11.8. The first-order valence-corrected chi connectivity index (χ1v) is 7.71. The Morgan fingerprint density at radius 3 is 2.58 bits per heavy atom. The molecule has 1 aliphatic rings. The van der Waals surface area contributed by atoms with Gasteiger partial charge in [0.1, 0.15) is 4.90 Å². The van der Waals surface area contributed by atoms with Gasteiger partial charge in [0.2, 0.25) is 15.3 Å². The van der Waals surface area contributed by atoms with Crippen molar-refractivity contribution in [1.82, 2.24) is 19.6 Å². The standard InChI is InChI=1S/C10H15ClN4O3S/c11-10-12-7-9(8-13-10)19(16,17)14-1-2-15-3-5-18-6-4-15/h7-8,14H,1-6H2. The molecule has 0 radical (unpaired) electrons. The van der Waals surface area contributed by atoms with Crippen LogP contribution in [-0.4, -0.2) is 62.7 Å². The van der Waals surface area contributed by atoms with Crippen molar-refractivity contribution in [3.8, 4) is 0 Å². The summed E-state index contributed by atoms with van der Waals surface area (Å²) >= 11 is 5.51. The second-order valence-electron chi connectivity index (χ2n) is 4.04. The summed E-state index contributed by atoms with van der Waals surface area (Å²) in [7, 11) is -3.57. The second-order valence-corrected chi connectivity index (χ2v) is 6.14. The molecule has 0 aliphatic carbocycles. The van der Waals surface area contributed by atoms with Crippen molar-refractivity contribution < 1.29 is 13.2 Å². The molecule has 106 valence electrons. The molecule has 0 atom stereocenters. The molecule has 1 saturated heterocycles. The average Bonchev–Trinajstić information content (AvgIpc) is 2.40. The number of nitrogens with one attached hydrogen (secondary N) is 1. The number of aromatic nitrogens is 2. The SMILES string of the molecule is O=S(=O)(NCCN1CCOCC1)c1cnc(Cl)nc1. The van der Waals surface area contributed by atoms with E-state index < -0.39 is 10.0 Å². The van der Waals surface area contributed by atoms with Crippen molar-refractivity contribution in [3.63, 3.8) is 0 Å². The lowest BCUT2D eigenvalue weighted by Gasteiger charge is -2.26. The van der Waals surface area contributed by atoms with E-state index in [1.165, 1.54) is 12.4 Å². The molecule has 2 heterocycles. The molecule has 1 aromatic rings. The maximum absolute atomic E-state index is 11.9. The number of hydrogen-bond donors (Lipinski definition) is 1. The van der Waals surface area contributed by atoms with Crippen molar-refractivity contribution in [2.24, 2.45) is 0 Å². The number of ether oxygens (including phenoxy) is 1. The normalized spacial score (nSPS) is 17.5. The minimum atomic E-state index is -3.57. The van der Waals surface area contributed by atoms with Crippen molar-refractivity contribution >= 4 is 21.6 Å². The number of rotatable bonds is 5. The van der Waals surface area contributed by atoms with Crippen LogP contribution in [0.15, 0.2) is 17.3 Å². The quantitative estimate of drug-likeness (QED) is 0.755. The topological polar surface area (TPSA) is 84.4 Å². The van der Waals surface area contributed by atoms with Crippen molar-refractivity contribution in [3.05, 3.63) is 17.7 Å². The van der Waals surface area contributed by atoms with Gasteiger partial charge in [0.05, 0.1) is 25.6 Å². The maximum Gasteiger partial charge on any atom is 0.243 e. The lowest BCUT2D eigenvalue weighted by Crippen LogP contribution is -2.41. The van der Waals surface area contributed by atoms with Gasteiger partial charge in [0.25, 0.3) is 0 Å². The van der Waals surface area contributed by atoms with Crippen LogP contribution in [0.2, 0.25) is 5.28 Å². The minimum absolute atomic E-state index is 0.0128. The van der Waals surface area contributed by atoms with Crippen LogP contribution in [0.5, 0.6) is 0 Å². The van der Waals surface area contributed by atoms with Crippen LogP contribution in [0, 0.1) is 0 Å². The van der Waals surface area contributed by atoms with Crippen LogP contribution >= 0.6 is 11.6 Å². The summed E-state index contributed by atoms with van der Waals surface area (Å²) in [4.78, 5) is 9.46. The Balaban J connectivity index is 1.85. The van der Waals surface area contributed by atoms with Gasteiger partial charge in [-0.2, -0.15) is 0 Å². The first-order valence-electron chi connectivity index (χ1n) is 5.85. The molecule has 1 aromatic heterocycles. The average molecular weight is 307 g/mol. The number of halogens is 1. The third kappa shape index (κ3) is 4.36. The summed E-state index contributed by atoms with van der Waals surface area (Å²) in [5.74, 6) is 0. The lowest BCUT2D eigenvalue weighted by atomic mass is 10.4. The fourth-order valence-corrected chi connectivity index (χ4v) is 2.69. The molecule has 1 fully saturated rings. The highest BCUT2D eigenvalue weighted by Crippen LogP contribution is 2.07. The highest BCUT2D eigenvalue weighted by Gasteiger charge is 2.16. The second kappa shape index (κ2) is 6.58. The van der Waals surface area contributed by atoms with E-state index in [2.05, 4.69) is 19.6 Å². The summed E-state index contributed by atoms with van der Waals surface area (Å²) < 4.78 is 31.5. The number of morpholine rings is 1. The van der Waals surface area contributed by atoms with Crippen LogP contribution in [0.3, 0.4) is 0 Å². The zero-order chi connectivity index (χ0) is 13.7. The molecule has 7 nitrogen and oxygen atoms in total. The molecule has 1 aliphatic heterocycles. The summed E-state index contributed by atoms with van der Waals surface area (Å²) in [6, 6.07) is 0. The Morgan fingerprint density at radius 2 is 1.95 bits per heavy atom. The highest BCUT2D eigenvalue weighted by molar-refractivity contribution is 7.89. The smallest absolute Gasteiger partial charge is 0.243 e. The van der Waals surface area contributed by atoms with Gasteiger partial charge in [-0.05, 0) is 11.6 Å². The molecule has 1 N–H and O–H groups in total. The highest BCUT2D eigenvalue weighted by atomic mass is 35.5. The number of nitrogens with zero attached hydrogens (tertiary/aromatic N) is 3. The summed E-state index contributed by atoms with van der Waals surface area (Å²) in [5, 5.41) is 0.0206. The predicted molar refractivity (Wildman–Crippen MR) is 69.5 cm³/mol. The van der Waals surface area contributed by atoms with E-state index in [9.17, 15) is 8.42 Å². The fraction of sp³-hybridized carbons (Fsp3) is 0.600. The van der Waals surface area contributed by atoms with Crippen molar-refractivity contribution in [2.75, 3.05) is 39.4 Å². The van der Waals surface area contributed by atoms with E-state index in [0.29, 0.717) is 26.3 Å². The van der Waals surface area contributed by atoms with E-state index in [0.717, 1.165) is 13.1 Å². The molecule has 0 saturated carbocycles. The van der Waals surface area contributed by atoms with Gasteiger partial charge in [-0.25, -0.2) is 23.1 Å². The van der Waals surface area contributed by atoms with E-state index in [1.807, 2.05) is 0 Å². The van der Waals surface area contributed by atoms with Gasteiger partial charge < -0.3 is 4.74 Å². The third-order valence-corrected chi connectivity index (χ3v) is 4.34. The largest absolute Gasteiger partial charge is 0.379 e. The van der Waals surface area contributed by atoms with E-state index >= 15 is 0 Å². The summed E-state index contributed by atoms with van der Waals surface area (Å²) in [6.07, 6.45) is 2.37. The Labute approximate surface area is 117 Å².